The summed E-state index contributed by atoms with van der Waals surface area (Å²) in [5.41, 5.74) is 1.28. The molecule has 1 heterocycles. The molecule has 2 aromatic rings. The van der Waals surface area contributed by atoms with E-state index in [1.54, 1.807) is 0 Å². The molecule has 0 radical (unpaired) electrons. The number of halogens is 2. The summed E-state index contributed by atoms with van der Waals surface area (Å²) >= 11 is 10.4. The van der Waals surface area contributed by atoms with Crippen molar-refractivity contribution < 1.29 is 0 Å². The molecule has 0 saturated heterocycles. The van der Waals surface area contributed by atoms with Crippen molar-refractivity contribution in [1.29, 1.82) is 0 Å². The van der Waals surface area contributed by atoms with Crippen molar-refractivity contribution in [2.75, 3.05) is 7.05 Å². The molecule has 0 saturated carbocycles. The fraction of sp³-hybridized carbons (Fsp3) is 0.333. The Hall–Kier alpha value is -0.100. The van der Waals surface area contributed by atoms with Crippen LogP contribution in [0, 0.1) is 3.57 Å². The highest BCUT2D eigenvalue weighted by Crippen LogP contribution is 2.28. The number of nitrogens with one attached hydrogen (secondary N) is 1. The predicted octanol–water partition coefficient (Wildman–Crippen LogP) is 5.07. The fourth-order valence-corrected chi connectivity index (χ4v) is 3.97. The van der Waals surface area contributed by atoms with E-state index >= 15 is 0 Å². The summed E-state index contributed by atoms with van der Waals surface area (Å²) < 4.78 is 1.26. The van der Waals surface area contributed by atoms with Gasteiger partial charge >= 0.3 is 0 Å². The molecule has 19 heavy (non-hydrogen) atoms. The smallest absolute Gasteiger partial charge is 0.0410 e. The van der Waals surface area contributed by atoms with Crippen LogP contribution >= 0.6 is 45.5 Å². The Bertz CT molecular complexity index is 553. The summed E-state index contributed by atoms with van der Waals surface area (Å²) in [7, 11) is 2.01. The first kappa shape index (κ1) is 15.3. The number of hydrogen-bond acceptors (Lipinski definition) is 2. The van der Waals surface area contributed by atoms with Crippen LogP contribution in [0.1, 0.15) is 28.3 Å². The van der Waals surface area contributed by atoms with E-state index in [9.17, 15) is 0 Å². The minimum atomic E-state index is 0.314. The van der Waals surface area contributed by atoms with Crippen LogP contribution in [-0.4, -0.2) is 7.05 Å². The molecule has 0 aliphatic heterocycles. The van der Waals surface area contributed by atoms with Crippen LogP contribution in [0.25, 0.3) is 0 Å². The first-order chi connectivity index (χ1) is 9.13. The third-order valence-corrected chi connectivity index (χ3v) is 5.62. The van der Waals surface area contributed by atoms with Crippen molar-refractivity contribution in [3.8, 4) is 0 Å². The molecule has 0 aliphatic carbocycles. The predicted molar refractivity (Wildman–Crippen MR) is 93.4 cm³/mol. The van der Waals surface area contributed by atoms with Crippen molar-refractivity contribution in [1.82, 2.24) is 5.32 Å². The molecule has 1 atom stereocenters. The van der Waals surface area contributed by atoms with Crippen molar-refractivity contribution in [3.63, 3.8) is 0 Å². The monoisotopic (exact) mass is 405 g/mol. The third-order valence-electron chi connectivity index (χ3n) is 3.15. The molecule has 1 unspecified atom stereocenters. The average molecular weight is 406 g/mol. The number of hydrogen-bond donors (Lipinski definition) is 1. The lowest BCUT2D eigenvalue weighted by atomic mass is 10.0. The summed E-state index contributed by atoms with van der Waals surface area (Å²) in [6.45, 7) is 2.20. The molecule has 0 bridgehead atoms. The summed E-state index contributed by atoms with van der Waals surface area (Å²) in [5, 5.41) is 4.21. The zero-order chi connectivity index (χ0) is 13.8. The van der Waals surface area contributed by atoms with E-state index in [4.69, 9.17) is 11.6 Å². The van der Waals surface area contributed by atoms with Crippen LogP contribution in [0.2, 0.25) is 5.02 Å². The largest absolute Gasteiger partial charge is 0.313 e. The number of thiophene rings is 1. The molecular formula is C15H17ClINS. The van der Waals surface area contributed by atoms with E-state index in [1.807, 2.05) is 24.5 Å². The Kier molecular flexibility index (Phi) is 5.69. The van der Waals surface area contributed by atoms with Gasteiger partial charge in [0.15, 0.2) is 0 Å². The molecule has 4 heteroatoms. The van der Waals surface area contributed by atoms with Gasteiger partial charge in [0, 0.05) is 30.8 Å². The highest BCUT2D eigenvalue weighted by molar-refractivity contribution is 14.1. The summed E-state index contributed by atoms with van der Waals surface area (Å²) in [6, 6.07) is 10.9. The Morgan fingerprint density at radius 3 is 2.63 bits per heavy atom. The lowest BCUT2D eigenvalue weighted by Gasteiger charge is -2.18. The van der Waals surface area contributed by atoms with Crippen LogP contribution in [-0.2, 0) is 12.8 Å². The van der Waals surface area contributed by atoms with E-state index < -0.39 is 0 Å². The second-order valence-corrected chi connectivity index (χ2v) is 7.28. The molecule has 2 rings (SSSR count). The standard InChI is InChI=1S/C15H17ClINS/c1-3-11-5-6-12(19-11)9-15(18-2)13-8-10(16)4-7-14(13)17/h4-8,15,18H,3,9H2,1-2H3. The molecule has 0 spiro atoms. The average Bonchev–Trinajstić information content (AvgIpc) is 2.87. The van der Waals surface area contributed by atoms with E-state index in [0.717, 1.165) is 17.9 Å². The molecule has 0 aliphatic rings. The van der Waals surface area contributed by atoms with Gasteiger partial charge in [-0.1, -0.05) is 18.5 Å². The Morgan fingerprint density at radius 2 is 2.00 bits per heavy atom. The van der Waals surface area contributed by atoms with Gasteiger partial charge in [-0.2, -0.15) is 0 Å². The quantitative estimate of drug-likeness (QED) is 0.685. The maximum absolute atomic E-state index is 6.12. The molecule has 0 amide bonds. The zero-order valence-corrected chi connectivity index (χ0v) is 14.8. The van der Waals surface area contributed by atoms with Gasteiger partial charge in [0.05, 0.1) is 0 Å². The minimum Gasteiger partial charge on any atom is -0.313 e. The SMILES string of the molecule is CCc1ccc(CC(NC)c2cc(Cl)ccc2I)s1. The highest BCUT2D eigenvalue weighted by atomic mass is 127. The number of benzene rings is 1. The van der Waals surface area contributed by atoms with Gasteiger partial charge in [0.25, 0.3) is 0 Å². The van der Waals surface area contributed by atoms with Crippen molar-refractivity contribution in [2.45, 2.75) is 25.8 Å². The highest BCUT2D eigenvalue weighted by Gasteiger charge is 2.15. The van der Waals surface area contributed by atoms with Gasteiger partial charge in [-0.15, -0.1) is 11.3 Å². The van der Waals surface area contributed by atoms with Crippen LogP contribution < -0.4 is 5.32 Å². The van der Waals surface area contributed by atoms with Gasteiger partial charge < -0.3 is 5.32 Å². The third kappa shape index (κ3) is 3.94. The van der Waals surface area contributed by atoms with Gasteiger partial charge in [0.2, 0.25) is 0 Å². The molecule has 1 aromatic carbocycles. The molecule has 1 N–H and O–H groups in total. The molecule has 1 aromatic heterocycles. The van der Waals surface area contributed by atoms with Crippen LogP contribution in [0.3, 0.4) is 0 Å². The van der Waals surface area contributed by atoms with Gasteiger partial charge in [-0.25, -0.2) is 0 Å². The van der Waals surface area contributed by atoms with E-state index in [1.165, 1.54) is 18.9 Å². The second kappa shape index (κ2) is 7.07. The van der Waals surface area contributed by atoms with E-state index in [-0.39, 0.29) is 0 Å². The van der Waals surface area contributed by atoms with Gasteiger partial charge in [-0.3, -0.25) is 0 Å². The fourth-order valence-electron chi connectivity index (χ4n) is 2.07. The van der Waals surface area contributed by atoms with Crippen molar-refractivity contribution in [3.05, 3.63) is 54.2 Å². The second-order valence-electron chi connectivity index (χ2n) is 4.43. The Labute approximate surface area is 137 Å². The number of likely N-dealkylation sites (N-methyl/N-ethyl adjacent to an activating group) is 1. The van der Waals surface area contributed by atoms with Crippen molar-refractivity contribution in [2.24, 2.45) is 0 Å². The zero-order valence-electron chi connectivity index (χ0n) is 11.0. The maximum atomic E-state index is 6.12. The molecule has 1 nitrogen and oxygen atoms in total. The summed E-state index contributed by atoms with van der Waals surface area (Å²) in [5.74, 6) is 0. The van der Waals surface area contributed by atoms with Crippen LogP contribution in [0.15, 0.2) is 30.3 Å². The van der Waals surface area contributed by atoms with E-state index in [2.05, 4.69) is 59.1 Å². The summed E-state index contributed by atoms with van der Waals surface area (Å²) in [6.07, 6.45) is 2.13. The summed E-state index contributed by atoms with van der Waals surface area (Å²) in [4.78, 5) is 2.87. The maximum Gasteiger partial charge on any atom is 0.0410 e. The Balaban J connectivity index is 2.22. The van der Waals surface area contributed by atoms with E-state index in [0.29, 0.717) is 6.04 Å². The topological polar surface area (TPSA) is 12.0 Å². The molecule has 102 valence electrons. The first-order valence-electron chi connectivity index (χ1n) is 6.33. The van der Waals surface area contributed by atoms with Gasteiger partial charge in [-0.05, 0) is 72.0 Å². The van der Waals surface area contributed by atoms with Gasteiger partial charge in [0.1, 0.15) is 0 Å². The number of rotatable bonds is 5. The molecular weight excluding hydrogens is 389 g/mol. The first-order valence-corrected chi connectivity index (χ1v) is 8.61. The van der Waals surface area contributed by atoms with Crippen molar-refractivity contribution >= 4 is 45.5 Å². The van der Waals surface area contributed by atoms with Crippen LogP contribution in [0.5, 0.6) is 0 Å². The minimum absolute atomic E-state index is 0.314. The number of aryl methyl sites for hydroxylation is 1. The Morgan fingerprint density at radius 1 is 1.26 bits per heavy atom. The lowest BCUT2D eigenvalue weighted by molar-refractivity contribution is 0.594. The lowest BCUT2D eigenvalue weighted by Crippen LogP contribution is -2.19. The van der Waals surface area contributed by atoms with Crippen LogP contribution in [0.4, 0.5) is 0 Å². The normalized spacial score (nSPS) is 12.6. The molecule has 0 fully saturated rings.